The van der Waals surface area contributed by atoms with Crippen LogP contribution in [0.3, 0.4) is 0 Å². The molecule has 2 atom stereocenters. The van der Waals surface area contributed by atoms with E-state index in [4.69, 9.17) is 11.6 Å². The lowest BCUT2D eigenvalue weighted by Gasteiger charge is -2.26. The minimum atomic E-state index is -0.248. The summed E-state index contributed by atoms with van der Waals surface area (Å²) < 4.78 is 2.04. The minimum Gasteiger partial charge on any atom is -0.350 e. The zero-order valence-electron chi connectivity index (χ0n) is 18.4. The van der Waals surface area contributed by atoms with E-state index in [0.717, 1.165) is 29.1 Å². The molecule has 1 aromatic heterocycles. The summed E-state index contributed by atoms with van der Waals surface area (Å²) in [5, 5.41) is 8.37. The van der Waals surface area contributed by atoms with Gasteiger partial charge < -0.3 is 10.2 Å². The molecule has 1 saturated heterocycles. The van der Waals surface area contributed by atoms with Crippen LogP contribution in [0.15, 0.2) is 24.3 Å². The highest BCUT2D eigenvalue weighted by Gasteiger charge is 2.39. The molecule has 1 aliphatic rings. The van der Waals surface area contributed by atoms with Crippen LogP contribution in [0.1, 0.15) is 55.2 Å². The van der Waals surface area contributed by atoms with Crippen LogP contribution in [0.25, 0.3) is 0 Å². The van der Waals surface area contributed by atoms with E-state index < -0.39 is 0 Å². The zero-order chi connectivity index (χ0) is 22.0. The van der Waals surface area contributed by atoms with Crippen LogP contribution in [0.4, 0.5) is 0 Å². The Morgan fingerprint density at radius 3 is 2.57 bits per heavy atom. The number of carbonyl (C=O) groups is 2. The lowest BCUT2D eigenvalue weighted by atomic mass is 9.99. The van der Waals surface area contributed by atoms with Crippen molar-refractivity contribution in [1.29, 1.82) is 0 Å². The van der Waals surface area contributed by atoms with Gasteiger partial charge in [0.15, 0.2) is 0 Å². The van der Waals surface area contributed by atoms with Crippen molar-refractivity contribution in [2.45, 2.75) is 65.6 Å². The van der Waals surface area contributed by atoms with Gasteiger partial charge in [-0.05, 0) is 49.4 Å². The van der Waals surface area contributed by atoms with Crippen LogP contribution in [-0.4, -0.2) is 39.6 Å². The molecule has 7 heteroatoms. The van der Waals surface area contributed by atoms with Crippen LogP contribution in [0.2, 0.25) is 5.02 Å². The first-order valence-electron chi connectivity index (χ1n) is 10.5. The smallest absolute Gasteiger partial charge is 0.225 e. The highest BCUT2D eigenvalue weighted by atomic mass is 35.5. The van der Waals surface area contributed by atoms with Gasteiger partial charge >= 0.3 is 0 Å². The molecular formula is C23H31ClN4O2. The second-order valence-electron chi connectivity index (χ2n) is 8.60. The molecule has 162 valence electrons. The minimum absolute atomic E-state index is 0.0295. The number of nitrogens with zero attached hydrogens (tertiary/aromatic N) is 3. The molecule has 0 unspecified atom stereocenters. The van der Waals surface area contributed by atoms with Gasteiger partial charge in [-0.15, -0.1) is 0 Å². The number of aromatic nitrogens is 2. The molecular weight excluding hydrogens is 400 g/mol. The van der Waals surface area contributed by atoms with Crippen LogP contribution in [0.5, 0.6) is 0 Å². The Hall–Kier alpha value is -2.34. The Morgan fingerprint density at radius 1 is 1.27 bits per heavy atom. The first-order chi connectivity index (χ1) is 14.2. The van der Waals surface area contributed by atoms with Crippen molar-refractivity contribution in [3.63, 3.8) is 0 Å². The molecule has 2 aromatic rings. The van der Waals surface area contributed by atoms with E-state index >= 15 is 0 Å². The van der Waals surface area contributed by atoms with Crippen LogP contribution in [-0.2, 0) is 22.6 Å². The van der Waals surface area contributed by atoms with Gasteiger partial charge in [0.1, 0.15) is 0 Å². The SMILES string of the molecule is Cc1nn(CC(C)C)c(C)c1CCC(=O)N[C@@H]1CC(=O)N(C)[C@H]1c1ccc(Cl)cc1. The standard InChI is InChI=1S/C23H31ClN4O2/c1-14(2)13-28-16(4)19(15(3)26-28)10-11-21(29)25-20-12-22(30)27(5)23(20)17-6-8-18(24)9-7-17/h6-9,14,20,23H,10-13H2,1-5H3,(H,25,29)/t20-,23+/m1/s1. The molecule has 1 N–H and O–H groups in total. The van der Waals surface area contributed by atoms with E-state index in [-0.39, 0.29) is 23.9 Å². The maximum atomic E-state index is 12.7. The van der Waals surface area contributed by atoms with Gasteiger partial charge in [0.2, 0.25) is 11.8 Å². The van der Waals surface area contributed by atoms with Gasteiger partial charge in [0, 0.05) is 37.2 Å². The van der Waals surface area contributed by atoms with Crippen LogP contribution in [0, 0.1) is 19.8 Å². The summed E-state index contributed by atoms with van der Waals surface area (Å²) in [6.45, 7) is 9.27. The summed E-state index contributed by atoms with van der Waals surface area (Å²) in [7, 11) is 1.78. The third-order valence-corrected chi connectivity index (χ3v) is 6.07. The quantitative estimate of drug-likeness (QED) is 0.725. The molecule has 2 amide bonds. The number of rotatable bonds is 7. The molecule has 1 fully saturated rings. The van der Waals surface area contributed by atoms with Crippen molar-refractivity contribution in [2.75, 3.05) is 7.05 Å². The topological polar surface area (TPSA) is 67.2 Å². The number of hydrogen-bond acceptors (Lipinski definition) is 3. The van der Waals surface area contributed by atoms with E-state index in [0.29, 0.717) is 30.2 Å². The molecule has 0 bridgehead atoms. The van der Waals surface area contributed by atoms with E-state index in [1.165, 1.54) is 0 Å². The second-order valence-corrected chi connectivity index (χ2v) is 9.04. The van der Waals surface area contributed by atoms with Crippen molar-refractivity contribution < 1.29 is 9.59 Å². The van der Waals surface area contributed by atoms with Crippen LogP contribution >= 0.6 is 11.6 Å². The van der Waals surface area contributed by atoms with Crippen molar-refractivity contribution in [2.24, 2.45) is 5.92 Å². The average Bonchev–Trinajstić information content (AvgIpc) is 3.09. The molecule has 0 saturated carbocycles. The largest absolute Gasteiger partial charge is 0.350 e. The van der Waals surface area contributed by atoms with E-state index in [1.54, 1.807) is 11.9 Å². The number of halogens is 1. The van der Waals surface area contributed by atoms with Gasteiger partial charge in [-0.3, -0.25) is 14.3 Å². The highest BCUT2D eigenvalue weighted by Crippen LogP contribution is 2.32. The van der Waals surface area contributed by atoms with Crippen LogP contribution < -0.4 is 5.32 Å². The first-order valence-corrected chi connectivity index (χ1v) is 10.9. The summed E-state index contributed by atoms with van der Waals surface area (Å²) in [5.74, 6) is 0.500. The maximum absolute atomic E-state index is 12.7. The average molecular weight is 431 g/mol. The van der Waals surface area contributed by atoms with E-state index in [2.05, 4.69) is 31.2 Å². The fourth-order valence-electron chi connectivity index (χ4n) is 4.25. The fourth-order valence-corrected chi connectivity index (χ4v) is 4.38. The molecule has 0 spiro atoms. The normalized spacial score (nSPS) is 19.0. The number of carbonyl (C=O) groups excluding carboxylic acids is 2. The van der Waals surface area contributed by atoms with E-state index in [1.807, 2.05) is 35.9 Å². The molecule has 1 aromatic carbocycles. The third-order valence-electron chi connectivity index (χ3n) is 5.82. The number of hydrogen-bond donors (Lipinski definition) is 1. The third kappa shape index (κ3) is 4.86. The number of amides is 2. The summed E-state index contributed by atoms with van der Waals surface area (Å²) in [6.07, 6.45) is 1.32. The number of likely N-dealkylation sites (N-methyl/N-ethyl adjacent to an activating group) is 1. The molecule has 0 aliphatic carbocycles. The Kier molecular flexibility index (Phi) is 6.86. The van der Waals surface area contributed by atoms with Gasteiger partial charge in [-0.2, -0.15) is 5.10 Å². The van der Waals surface area contributed by atoms with Crippen molar-refractivity contribution >= 4 is 23.4 Å². The predicted octanol–water partition coefficient (Wildman–Crippen LogP) is 3.83. The van der Waals surface area contributed by atoms with Crippen molar-refractivity contribution in [3.05, 3.63) is 51.8 Å². The predicted molar refractivity (Wildman–Crippen MR) is 118 cm³/mol. The Labute approximate surface area is 183 Å². The first kappa shape index (κ1) is 22.3. The highest BCUT2D eigenvalue weighted by molar-refractivity contribution is 6.30. The Balaban J connectivity index is 1.66. The number of likely N-dealkylation sites (tertiary alicyclic amines) is 1. The molecule has 0 radical (unpaired) electrons. The Morgan fingerprint density at radius 2 is 1.93 bits per heavy atom. The molecule has 2 heterocycles. The van der Waals surface area contributed by atoms with Gasteiger partial charge in [-0.25, -0.2) is 0 Å². The summed E-state index contributed by atoms with van der Waals surface area (Å²) in [4.78, 5) is 26.8. The van der Waals surface area contributed by atoms with Gasteiger partial charge in [-0.1, -0.05) is 37.6 Å². The fraction of sp³-hybridized carbons (Fsp3) is 0.522. The molecule has 3 rings (SSSR count). The van der Waals surface area contributed by atoms with Crippen molar-refractivity contribution in [3.8, 4) is 0 Å². The molecule has 6 nitrogen and oxygen atoms in total. The van der Waals surface area contributed by atoms with Crippen molar-refractivity contribution in [1.82, 2.24) is 20.0 Å². The summed E-state index contributed by atoms with van der Waals surface area (Å²) in [5.41, 5.74) is 4.22. The molecule has 1 aliphatic heterocycles. The number of nitrogens with one attached hydrogen (secondary N) is 1. The summed E-state index contributed by atoms with van der Waals surface area (Å²) >= 11 is 6.00. The number of benzene rings is 1. The van der Waals surface area contributed by atoms with Gasteiger partial charge in [0.25, 0.3) is 0 Å². The Bertz CT molecular complexity index is 920. The second kappa shape index (κ2) is 9.21. The molecule has 30 heavy (non-hydrogen) atoms. The lowest BCUT2D eigenvalue weighted by molar-refractivity contribution is -0.127. The summed E-state index contributed by atoms with van der Waals surface area (Å²) in [6, 6.07) is 7.02. The number of aryl methyl sites for hydroxylation is 1. The van der Waals surface area contributed by atoms with E-state index in [9.17, 15) is 9.59 Å². The van der Waals surface area contributed by atoms with Gasteiger partial charge in [0.05, 0.1) is 17.8 Å². The monoisotopic (exact) mass is 430 g/mol. The zero-order valence-corrected chi connectivity index (χ0v) is 19.2. The maximum Gasteiger partial charge on any atom is 0.225 e. The lowest BCUT2D eigenvalue weighted by Crippen LogP contribution is -2.39.